The lowest BCUT2D eigenvalue weighted by atomic mass is 9.88. The van der Waals surface area contributed by atoms with Gasteiger partial charge in [-0.05, 0) is 25.0 Å². The summed E-state index contributed by atoms with van der Waals surface area (Å²) in [6, 6.07) is 20.6. The number of benzene rings is 2. The minimum absolute atomic E-state index is 0.125. The van der Waals surface area contributed by atoms with Crippen molar-refractivity contribution in [3.8, 4) is 0 Å². The Balaban J connectivity index is 2.27. The van der Waals surface area contributed by atoms with E-state index in [2.05, 4.69) is 24.3 Å². The highest BCUT2D eigenvalue weighted by Gasteiger charge is 2.20. The van der Waals surface area contributed by atoms with E-state index in [0.717, 1.165) is 13.1 Å². The van der Waals surface area contributed by atoms with Crippen LogP contribution in [0.2, 0.25) is 0 Å². The van der Waals surface area contributed by atoms with Crippen molar-refractivity contribution in [3.05, 3.63) is 71.8 Å². The molecule has 0 aliphatic rings. The highest BCUT2D eigenvalue weighted by molar-refractivity contribution is 5.77. The number of rotatable bonds is 6. The monoisotopic (exact) mass is 281 g/mol. The molecule has 0 aliphatic heterocycles. The Kier molecular flexibility index (Phi) is 5.56. The predicted octanol–water partition coefficient (Wildman–Crippen LogP) is 4.08. The molecule has 0 aromatic heterocycles. The van der Waals surface area contributed by atoms with Gasteiger partial charge < -0.3 is 4.90 Å². The van der Waals surface area contributed by atoms with Crippen LogP contribution in [-0.4, -0.2) is 23.9 Å². The fourth-order valence-electron chi connectivity index (χ4n) is 2.68. The van der Waals surface area contributed by atoms with Crippen molar-refractivity contribution < 1.29 is 4.79 Å². The van der Waals surface area contributed by atoms with Gasteiger partial charge in [-0.1, -0.05) is 60.7 Å². The van der Waals surface area contributed by atoms with Crippen LogP contribution in [0.25, 0.3) is 0 Å². The second kappa shape index (κ2) is 7.63. The smallest absolute Gasteiger partial charge is 0.223 e. The Morgan fingerprint density at radius 1 is 0.857 bits per heavy atom. The molecule has 0 saturated carbocycles. The van der Waals surface area contributed by atoms with Gasteiger partial charge in [0.15, 0.2) is 0 Å². The van der Waals surface area contributed by atoms with E-state index in [4.69, 9.17) is 0 Å². The van der Waals surface area contributed by atoms with E-state index in [1.165, 1.54) is 11.1 Å². The first-order valence-electron chi connectivity index (χ1n) is 7.63. The zero-order valence-corrected chi connectivity index (χ0v) is 12.8. The van der Waals surface area contributed by atoms with Gasteiger partial charge in [-0.2, -0.15) is 0 Å². The van der Waals surface area contributed by atoms with Gasteiger partial charge in [0, 0.05) is 25.4 Å². The van der Waals surface area contributed by atoms with E-state index >= 15 is 0 Å². The molecule has 2 heteroatoms. The number of hydrogen-bond donors (Lipinski definition) is 0. The lowest BCUT2D eigenvalue weighted by Crippen LogP contribution is -2.31. The third kappa shape index (κ3) is 3.94. The predicted molar refractivity (Wildman–Crippen MR) is 87.3 cm³/mol. The van der Waals surface area contributed by atoms with Gasteiger partial charge in [0.05, 0.1) is 0 Å². The van der Waals surface area contributed by atoms with Gasteiger partial charge in [-0.3, -0.25) is 4.79 Å². The molecule has 0 bridgehead atoms. The molecule has 0 radical (unpaired) electrons. The summed E-state index contributed by atoms with van der Waals surface area (Å²) in [7, 11) is 0. The summed E-state index contributed by atoms with van der Waals surface area (Å²) in [5.74, 6) is 0.346. The fourth-order valence-corrected chi connectivity index (χ4v) is 2.68. The van der Waals surface area contributed by atoms with Crippen LogP contribution in [-0.2, 0) is 4.79 Å². The van der Waals surface area contributed by atoms with Crippen molar-refractivity contribution in [2.75, 3.05) is 13.1 Å². The summed E-state index contributed by atoms with van der Waals surface area (Å²) in [4.78, 5) is 14.4. The van der Waals surface area contributed by atoms with Gasteiger partial charge in [0.25, 0.3) is 0 Å². The van der Waals surface area contributed by atoms with Crippen molar-refractivity contribution in [1.82, 2.24) is 4.90 Å². The highest BCUT2D eigenvalue weighted by Crippen LogP contribution is 2.28. The topological polar surface area (TPSA) is 20.3 Å². The molecule has 2 nitrogen and oxygen atoms in total. The fraction of sp³-hybridized carbons (Fsp3) is 0.316. The number of nitrogens with zero attached hydrogens (tertiary/aromatic N) is 1. The maximum atomic E-state index is 12.5. The van der Waals surface area contributed by atoms with Gasteiger partial charge in [0.2, 0.25) is 5.91 Å². The summed E-state index contributed by atoms with van der Waals surface area (Å²) in [6.45, 7) is 5.60. The molecule has 2 rings (SSSR count). The minimum atomic E-state index is 0.125. The van der Waals surface area contributed by atoms with E-state index < -0.39 is 0 Å². The first kappa shape index (κ1) is 15.3. The molecule has 110 valence electrons. The molecule has 0 atom stereocenters. The van der Waals surface area contributed by atoms with Gasteiger partial charge in [0.1, 0.15) is 0 Å². The summed E-state index contributed by atoms with van der Waals surface area (Å²) >= 11 is 0. The van der Waals surface area contributed by atoms with Crippen LogP contribution in [0.15, 0.2) is 60.7 Å². The molecule has 2 aromatic rings. The number of carbonyl (C=O) groups excluding carboxylic acids is 1. The van der Waals surface area contributed by atoms with Crippen LogP contribution < -0.4 is 0 Å². The van der Waals surface area contributed by atoms with Crippen LogP contribution >= 0.6 is 0 Å². The number of amides is 1. The van der Waals surface area contributed by atoms with Gasteiger partial charge in [-0.15, -0.1) is 0 Å². The molecule has 0 aliphatic carbocycles. The minimum Gasteiger partial charge on any atom is -0.343 e. The second-order valence-corrected chi connectivity index (χ2v) is 5.14. The SMILES string of the molecule is CCN(CC)C(=O)CC(c1ccccc1)c1ccccc1. The Bertz CT molecular complexity index is 507. The highest BCUT2D eigenvalue weighted by atomic mass is 16.2. The molecule has 0 saturated heterocycles. The molecule has 0 heterocycles. The summed E-state index contributed by atoms with van der Waals surface area (Å²) in [5.41, 5.74) is 2.40. The zero-order valence-electron chi connectivity index (χ0n) is 12.8. The summed E-state index contributed by atoms with van der Waals surface area (Å²) < 4.78 is 0. The molecule has 1 amide bonds. The number of carbonyl (C=O) groups is 1. The van der Waals surface area contributed by atoms with E-state index in [-0.39, 0.29) is 11.8 Å². The Hall–Kier alpha value is -2.09. The summed E-state index contributed by atoms with van der Waals surface area (Å²) in [6.07, 6.45) is 0.524. The molecule has 0 unspecified atom stereocenters. The normalized spacial score (nSPS) is 10.6. The van der Waals surface area contributed by atoms with Crippen molar-refractivity contribution in [2.24, 2.45) is 0 Å². The molecule has 21 heavy (non-hydrogen) atoms. The van der Waals surface area contributed by atoms with E-state index in [1.54, 1.807) is 0 Å². The van der Waals surface area contributed by atoms with E-state index in [9.17, 15) is 4.79 Å². The largest absolute Gasteiger partial charge is 0.343 e. The average Bonchev–Trinajstić information content (AvgIpc) is 2.55. The Morgan fingerprint density at radius 3 is 1.67 bits per heavy atom. The zero-order chi connectivity index (χ0) is 15.1. The van der Waals surface area contributed by atoms with Gasteiger partial charge >= 0.3 is 0 Å². The van der Waals surface area contributed by atoms with Crippen molar-refractivity contribution in [1.29, 1.82) is 0 Å². The molecule has 0 spiro atoms. The standard InChI is InChI=1S/C19H23NO/c1-3-20(4-2)19(21)15-18(16-11-7-5-8-12-16)17-13-9-6-10-14-17/h5-14,18H,3-4,15H2,1-2H3. The second-order valence-electron chi connectivity index (χ2n) is 5.14. The molecular formula is C19H23NO. The first-order valence-corrected chi connectivity index (χ1v) is 7.63. The Morgan fingerprint density at radius 2 is 1.29 bits per heavy atom. The summed E-state index contributed by atoms with van der Waals surface area (Å²) in [5, 5.41) is 0. The van der Waals surface area contributed by atoms with Crippen molar-refractivity contribution in [2.45, 2.75) is 26.2 Å². The van der Waals surface area contributed by atoms with Crippen molar-refractivity contribution in [3.63, 3.8) is 0 Å². The van der Waals surface area contributed by atoms with Crippen LogP contribution in [0.3, 0.4) is 0 Å². The van der Waals surface area contributed by atoms with Crippen molar-refractivity contribution >= 4 is 5.91 Å². The maximum absolute atomic E-state index is 12.5. The average molecular weight is 281 g/mol. The lowest BCUT2D eigenvalue weighted by Gasteiger charge is -2.23. The van der Waals surface area contributed by atoms with Crippen LogP contribution in [0, 0.1) is 0 Å². The quantitative estimate of drug-likeness (QED) is 0.781. The van der Waals surface area contributed by atoms with E-state index in [1.807, 2.05) is 55.1 Å². The lowest BCUT2D eigenvalue weighted by molar-refractivity contribution is -0.131. The molecule has 0 fully saturated rings. The Labute approximate surface area is 127 Å². The van der Waals surface area contributed by atoms with Crippen LogP contribution in [0.5, 0.6) is 0 Å². The first-order chi connectivity index (χ1) is 10.3. The van der Waals surface area contributed by atoms with Crippen LogP contribution in [0.1, 0.15) is 37.3 Å². The maximum Gasteiger partial charge on any atom is 0.223 e. The third-order valence-electron chi connectivity index (χ3n) is 3.90. The molecular weight excluding hydrogens is 258 g/mol. The third-order valence-corrected chi connectivity index (χ3v) is 3.90. The molecule has 2 aromatic carbocycles. The van der Waals surface area contributed by atoms with Gasteiger partial charge in [-0.25, -0.2) is 0 Å². The molecule has 0 N–H and O–H groups in total. The van der Waals surface area contributed by atoms with E-state index in [0.29, 0.717) is 6.42 Å². The number of hydrogen-bond acceptors (Lipinski definition) is 1. The van der Waals surface area contributed by atoms with Crippen LogP contribution in [0.4, 0.5) is 0 Å².